The molecular formula is C7H12N2O. The number of carbonyl (C=O) groups excluding carboxylic acids is 1. The highest BCUT2D eigenvalue weighted by molar-refractivity contribution is 5.72. The normalized spacial score (nSPS) is 17.7. The quantitative estimate of drug-likeness (QED) is 0.580. The van der Waals surface area contributed by atoms with Crippen molar-refractivity contribution >= 4 is 5.91 Å². The van der Waals surface area contributed by atoms with E-state index in [-0.39, 0.29) is 5.91 Å². The van der Waals surface area contributed by atoms with Crippen molar-refractivity contribution in [3.05, 3.63) is 12.3 Å². The average Bonchev–Trinajstić information content (AvgIpc) is 2.15. The van der Waals surface area contributed by atoms with Crippen LogP contribution in [0.15, 0.2) is 12.3 Å². The van der Waals surface area contributed by atoms with Crippen molar-refractivity contribution in [2.24, 2.45) is 0 Å². The Bertz CT molecular complexity index is 165. The van der Waals surface area contributed by atoms with Crippen LogP contribution in [0, 0.1) is 0 Å². The van der Waals surface area contributed by atoms with Crippen molar-refractivity contribution in [3.8, 4) is 0 Å². The van der Waals surface area contributed by atoms with Gasteiger partial charge in [-0.05, 0) is 12.8 Å². The van der Waals surface area contributed by atoms with Crippen LogP contribution < -0.4 is 5.43 Å². The molecule has 1 fully saturated rings. The molecule has 0 aromatic carbocycles. The van der Waals surface area contributed by atoms with Gasteiger partial charge in [0.05, 0.1) is 0 Å². The Kier molecular flexibility index (Phi) is 1.94. The predicted molar refractivity (Wildman–Crippen MR) is 38.9 cm³/mol. The molecule has 10 heavy (non-hydrogen) atoms. The van der Waals surface area contributed by atoms with Crippen LogP contribution in [-0.2, 0) is 4.79 Å². The second-order valence-corrected chi connectivity index (χ2v) is 2.49. The summed E-state index contributed by atoms with van der Waals surface area (Å²) in [4.78, 5) is 10.6. The summed E-state index contributed by atoms with van der Waals surface area (Å²) < 4.78 is 0. The summed E-state index contributed by atoms with van der Waals surface area (Å²) >= 11 is 0. The Morgan fingerprint density at radius 2 is 2.50 bits per heavy atom. The van der Waals surface area contributed by atoms with Crippen molar-refractivity contribution in [2.45, 2.75) is 19.8 Å². The van der Waals surface area contributed by atoms with Crippen LogP contribution in [-0.4, -0.2) is 17.5 Å². The highest BCUT2D eigenvalue weighted by Crippen LogP contribution is 2.15. The van der Waals surface area contributed by atoms with Gasteiger partial charge < -0.3 is 0 Å². The van der Waals surface area contributed by atoms with Gasteiger partial charge in [0.25, 0.3) is 0 Å². The Morgan fingerprint density at radius 1 is 1.80 bits per heavy atom. The molecule has 1 N–H and O–H groups in total. The highest BCUT2D eigenvalue weighted by Gasteiger charge is 2.14. The number of nitrogens with zero attached hydrogens (tertiary/aromatic N) is 1. The summed E-state index contributed by atoms with van der Waals surface area (Å²) in [6.45, 7) is 6.21. The number of hydrogen-bond acceptors (Lipinski definition) is 2. The van der Waals surface area contributed by atoms with E-state index in [0.717, 1.165) is 25.1 Å². The lowest BCUT2D eigenvalue weighted by atomic mass is 10.3. The van der Waals surface area contributed by atoms with E-state index in [1.807, 2.05) is 5.01 Å². The Labute approximate surface area is 60.7 Å². The molecule has 3 heteroatoms. The number of amides is 1. The Balaban J connectivity index is 2.40. The van der Waals surface area contributed by atoms with Crippen LogP contribution in [0.25, 0.3) is 0 Å². The van der Waals surface area contributed by atoms with Crippen molar-refractivity contribution in [1.82, 2.24) is 10.4 Å². The van der Waals surface area contributed by atoms with Gasteiger partial charge in [0.2, 0.25) is 5.91 Å². The first-order valence-electron chi connectivity index (χ1n) is 3.42. The minimum atomic E-state index is -0.0250. The van der Waals surface area contributed by atoms with E-state index >= 15 is 0 Å². The standard InChI is InChI=1S/C7H12N2O/c1-6-4-3-5-9(6)8-7(2)10/h1,3-5H2,2H3,(H,8,10). The van der Waals surface area contributed by atoms with Gasteiger partial charge in [0, 0.05) is 19.2 Å². The number of carbonyl (C=O) groups is 1. The molecule has 1 aliphatic heterocycles. The second kappa shape index (κ2) is 2.73. The van der Waals surface area contributed by atoms with Gasteiger partial charge in [-0.1, -0.05) is 6.58 Å². The summed E-state index contributed by atoms with van der Waals surface area (Å²) in [5.41, 5.74) is 3.70. The first-order valence-corrected chi connectivity index (χ1v) is 3.42. The largest absolute Gasteiger partial charge is 0.290 e. The summed E-state index contributed by atoms with van der Waals surface area (Å²) in [5.74, 6) is -0.0250. The number of rotatable bonds is 1. The minimum absolute atomic E-state index is 0.0250. The van der Waals surface area contributed by atoms with Crippen molar-refractivity contribution in [2.75, 3.05) is 6.54 Å². The van der Waals surface area contributed by atoms with Crippen LogP contribution in [0.2, 0.25) is 0 Å². The zero-order valence-corrected chi connectivity index (χ0v) is 6.18. The lowest BCUT2D eigenvalue weighted by Crippen LogP contribution is -2.37. The highest BCUT2D eigenvalue weighted by atomic mass is 16.2. The smallest absolute Gasteiger partial charge is 0.235 e. The van der Waals surface area contributed by atoms with E-state index in [1.54, 1.807) is 0 Å². The summed E-state index contributed by atoms with van der Waals surface area (Å²) in [6.07, 6.45) is 2.10. The SMILES string of the molecule is C=C1CCCN1NC(C)=O. The third-order valence-corrected chi connectivity index (χ3v) is 1.52. The van der Waals surface area contributed by atoms with Gasteiger partial charge >= 0.3 is 0 Å². The van der Waals surface area contributed by atoms with Gasteiger partial charge in [-0.2, -0.15) is 0 Å². The number of nitrogens with one attached hydrogen (secondary N) is 1. The van der Waals surface area contributed by atoms with Crippen LogP contribution in [0.5, 0.6) is 0 Å². The van der Waals surface area contributed by atoms with Crippen molar-refractivity contribution < 1.29 is 4.79 Å². The second-order valence-electron chi connectivity index (χ2n) is 2.49. The Morgan fingerprint density at radius 3 is 2.90 bits per heavy atom. The van der Waals surface area contributed by atoms with Gasteiger partial charge in [-0.25, -0.2) is 0 Å². The molecule has 0 radical (unpaired) electrons. The molecule has 0 aromatic rings. The molecule has 1 rings (SSSR count). The molecule has 0 aliphatic carbocycles. The van der Waals surface area contributed by atoms with E-state index in [1.165, 1.54) is 6.92 Å². The molecule has 3 nitrogen and oxygen atoms in total. The van der Waals surface area contributed by atoms with Crippen LogP contribution in [0.3, 0.4) is 0 Å². The fourth-order valence-corrected chi connectivity index (χ4v) is 1.06. The minimum Gasteiger partial charge on any atom is -0.290 e. The molecule has 1 aliphatic rings. The van der Waals surface area contributed by atoms with Crippen LogP contribution >= 0.6 is 0 Å². The molecule has 0 atom stereocenters. The van der Waals surface area contributed by atoms with E-state index in [4.69, 9.17) is 0 Å². The van der Waals surface area contributed by atoms with Crippen molar-refractivity contribution in [3.63, 3.8) is 0 Å². The molecule has 0 unspecified atom stereocenters. The fraction of sp³-hybridized carbons (Fsp3) is 0.571. The zero-order valence-electron chi connectivity index (χ0n) is 6.18. The lowest BCUT2D eigenvalue weighted by Gasteiger charge is -2.18. The molecule has 1 saturated heterocycles. The molecule has 1 amide bonds. The van der Waals surface area contributed by atoms with E-state index < -0.39 is 0 Å². The maximum absolute atomic E-state index is 10.6. The number of hydrazine groups is 1. The monoisotopic (exact) mass is 140 g/mol. The zero-order chi connectivity index (χ0) is 7.56. The third-order valence-electron chi connectivity index (χ3n) is 1.52. The van der Waals surface area contributed by atoms with Crippen LogP contribution in [0.1, 0.15) is 19.8 Å². The summed E-state index contributed by atoms with van der Waals surface area (Å²) in [6, 6.07) is 0. The predicted octanol–water partition coefficient (Wildman–Crippen LogP) is 0.647. The van der Waals surface area contributed by atoms with Gasteiger partial charge in [-0.3, -0.25) is 15.2 Å². The van der Waals surface area contributed by atoms with Gasteiger partial charge in [0.15, 0.2) is 0 Å². The fourth-order valence-electron chi connectivity index (χ4n) is 1.06. The van der Waals surface area contributed by atoms with Crippen LogP contribution in [0.4, 0.5) is 0 Å². The Hall–Kier alpha value is -0.990. The molecule has 0 saturated carbocycles. The van der Waals surface area contributed by atoms with Crippen molar-refractivity contribution in [1.29, 1.82) is 0 Å². The van der Waals surface area contributed by atoms with E-state index in [9.17, 15) is 4.79 Å². The van der Waals surface area contributed by atoms with E-state index in [0.29, 0.717) is 0 Å². The number of hydrogen-bond donors (Lipinski definition) is 1. The van der Waals surface area contributed by atoms with Gasteiger partial charge in [-0.15, -0.1) is 0 Å². The molecule has 0 spiro atoms. The molecule has 1 heterocycles. The third kappa shape index (κ3) is 1.50. The summed E-state index contributed by atoms with van der Waals surface area (Å²) in [5, 5.41) is 1.81. The number of allylic oxidation sites excluding steroid dienone is 1. The topological polar surface area (TPSA) is 32.3 Å². The van der Waals surface area contributed by atoms with E-state index in [2.05, 4.69) is 12.0 Å². The first-order chi connectivity index (χ1) is 4.70. The molecule has 0 bridgehead atoms. The molecule has 0 aromatic heterocycles. The maximum atomic E-state index is 10.6. The molecule has 56 valence electrons. The maximum Gasteiger partial charge on any atom is 0.235 e. The average molecular weight is 140 g/mol. The first kappa shape index (κ1) is 7.12. The lowest BCUT2D eigenvalue weighted by molar-refractivity contribution is -0.122. The molecular weight excluding hydrogens is 128 g/mol. The van der Waals surface area contributed by atoms with Gasteiger partial charge in [0.1, 0.15) is 0 Å². The summed E-state index contributed by atoms with van der Waals surface area (Å²) in [7, 11) is 0.